The standard InChI is InChI=1S/C15H15N3O4S/c1-2-3-12(19)18-15-17-11(8-23-15)13(20)16-10-6-4-9(5-7-10)14(21)22/h4-8H,2-3H2,1H3,(H,16,20)(H,21,22)(H,17,18,19). The van der Waals surface area contributed by atoms with Gasteiger partial charge in [-0.25, -0.2) is 9.78 Å². The molecule has 0 saturated heterocycles. The van der Waals surface area contributed by atoms with E-state index < -0.39 is 11.9 Å². The Balaban J connectivity index is 1.99. The van der Waals surface area contributed by atoms with Crippen LogP contribution in [0.3, 0.4) is 0 Å². The highest BCUT2D eigenvalue weighted by Gasteiger charge is 2.13. The van der Waals surface area contributed by atoms with E-state index in [-0.39, 0.29) is 17.2 Å². The molecule has 2 aromatic rings. The number of carbonyl (C=O) groups excluding carboxylic acids is 2. The first kappa shape index (κ1) is 16.6. The van der Waals surface area contributed by atoms with E-state index in [9.17, 15) is 14.4 Å². The lowest BCUT2D eigenvalue weighted by molar-refractivity contribution is -0.116. The van der Waals surface area contributed by atoms with Gasteiger partial charge in [0.1, 0.15) is 5.69 Å². The molecule has 2 rings (SSSR count). The van der Waals surface area contributed by atoms with Crippen molar-refractivity contribution in [1.82, 2.24) is 4.98 Å². The third-order valence-electron chi connectivity index (χ3n) is 2.85. The number of anilines is 2. The molecule has 1 heterocycles. The number of aromatic carboxylic acids is 1. The summed E-state index contributed by atoms with van der Waals surface area (Å²) in [6, 6.07) is 5.79. The van der Waals surface area contributed by atoms with Gasteiger partial charge >= 0.3 is 5.97 Å². The fraction of sp³-hybridized carbons (Fsp3) is 0.200. The van der Waals surface area contributed by atoms with Crippen molar-refractivity contribution in [2.75, 3.05) is 10.6 Å². The number of carbonyl (C=O) groups is 3. The third-order valence-corrected chi connectivity index (χ3v) is 3.61. The minimum absolute atomic E-state index is 0.137. The lowest BCUT2D eigenvalue weighted by Crippen LogP contribution is -2.14. The first-order chi connectivity index (χ1) is 11.0. The molecule has 0 fully saturated rings. The second kappa shape index (κ2) is 7.50. The molecule has 120 valence electrons. The van der Waals surface area contributed by atoms with E-state index in [1.54, 1.807) is 5.38 Å². The number of carboxylic acids is 1. The Bertz CT molecular complexity index is 725. The highest BCUT2D eigenvalue weighted by atomic mass is 32.1. The summed E-state index contributed by atoms with van der Waals surface area (Å²) in [5.74, 6) is -1.60. The maximum atomic E-state index is 12.1. The zero-order valence-electron chi connectivity index (χ0n) is 12.3. The van der Waals surface area contributed by atoms with E-state index in [0.717, 1.165) is 6.42 Å². The number of thiazole rings is 1. The lowest BCUT2D eigenvalue weighted by atomic mass is 10.2. The normalized spacial score (nSPS) is 10.1. The van der Waals surface area contributed by atoms with Crippen molar-refractivity contribution in [3.05, 3.63) is 40.9 Å². The summed E-state index contributed by atoms with van der Waals surface area (Å²) in [7, 11) is 0. The van der Waals surface area contributed by atoms with Crippen LogP contribution in [0.5, 0.6) is 0 Å². The molecule has 0 unspecified atom stereocenters. The van der Waals surface area contributed by atoms with Crippen LogP contribution in [0.1, 0.15) is 40.6 Å². The number of rotatable bonds is 6. The maximum absolute atomic E-state index is 12.1. The fourth-order valence-corrected chi connectivity index (χ4v) is 2.44. The van der Waals surface area contributed by atoms with Gasteiger partial charge in [-0.1, -0.05) is 6.92 Å². The Labute approximate surface area is 136 Å². The first-order valence-electron chi connectivity index (χ1n) is 6.89. The summed E-state index contributed by atoms with van der Waals surface area (Å²) in [5, 5.41) is 16.0. The molecule has 1 aromatic carbocycles. The van der Waals surface area contributed by atoms with Crippen molar-refractivity contribution in [1.29, 1.82) is 0 Å². The molecular formula is C15H15N3O4S. The van der Waals surface area contributed by atoms with E-state index in [0.29, 0.717) is 17.2 Å². The number of hydrogen-bond acceptors (Lipinski definition) is 5. The van der Waals surface area contributed by atoms with Gasteiger partial charge in [0, 0.05) is 17.5 Å². The van der Waals surface area contributed by atoms with E-state index in [1.165, 1.54) is 35.6 Å². The summed E-state index contributed by atoms with van der Waals surface area (Å²) in [6.45, 7) is 1.90. The van der Waals surface area contributed by atoms with Gasteiger partial charge in [-0.05, 0) is 30.7 Å². The highest BCUT2D eigenvalue weighted by molar-refractivity contribution is 7.14. The minimum atomic E-state index is -1.03. The van der Waals surface area contributed by atoms with Crippen molar-refractivity contribution in [3.8, 4) is 0 Å². The van der Waals surface area contributed by atoms with Gasteiger partial charge in [-0.15, -0.1) is 11.3 Å². The van der Waals surface area contributed by atoms with Gasteiger partial charge in [0.05, 0.1) is 5.56 Å². The highest BCUT2D eigenvalue weighted by Crippen LogP contribution is 2.17. The van der Waals surface area contributed by atoms with Crippen molar-refractivity contribution in [2.24, 2.45) is 0 Å². The van der Waals surface area contributed by atoms with Crippen molar-refractivity contribution >= 4 is 39.9 Å². The molecule has 0 saturated carbocycles. The average Bonchev–Trinajstić information content (AvgIpc) is 2.96. The number of aromatic nitrogens is 1. The number of nitrogens with zero attached hydrogens (tertiary/aromatic N) is 1. The number of nitrogens with one attached hydrogen (secondary N) is 2. The molecule has 8 heteroatoms. The molecule has 0 aliphatic heterocycles. The van der Waals surface area contributed by atoms with Crippen molar-refractivity contribution in [3.63, 3.8) is 0 Å². The van der Waals surface area contributed by atoms with Crippen LogP contribution in [0.25, 0.3) is 0 Å². The van der Waals surface area contributed by atoms with Gasteiger partial charge in [0.25, 0.3) is 5.91 Å². The Hall–Kier alpha value is -2.74. The monoisotopic (exact) mass is 333 g/mol. The molecule has 0 bridgehead atoms. The third kappa shape index (κ3) is 4.62. The summed E-state index contributed by atoms with van der Waals surface area (Å²) in [4.78, 5) is 38.4. The molecule has 23 heavy (non-hydrogen) atoms. The fourth-order valence-electron chi connectivity index (χ4n) is 1.74. The zero-order valence-corrected chi connectivity index (χ0v) is 13.1. The largest absolute Gasteiger partial charge is 0.478 e. The maximum Gasteiger partial charge on any atom is 0.335 e. The van der Waals surface area contributed by atoms with E-state index in [4.69, 9.17) is 5.11 Å². The topological polar surface area (TPSA) is 108 Å². The Morgan fingerprint density at radius 2 is 1.87 bits per heavy atom. The molecule has 0 atom stereocenters. The van der Waals surface area contributed by atoms with Crippen molar-refractivity contribution in [2.45, 2.75) is 19.8 Å². The molecule has 1 aromatic heterocycles. The average molecular weight is 333 g/mol. The molecule has 0 radical (unpaired) electrons. The van der Waals surface area contributed by atoms with Crippen LogP contribution < -0.4 is 10.6 Å². The molecule has 2 amide bonds. The Morgan fingerprint density at radius 1 is 1.17 bits per heavy atom. The second-order valence-electron chi connectivity index (χ2n) is 4.67. The summed E-state index contributed by atoms with van der Waals surface area (Å²) in [5.41, 5.74) is 0.784. The van der Waals surface area contributed by atoms with Crippen LogP contribution in [-0.2, 0) is 4.79 Å². The zero-order chi connectivity index (χ0) is 16.8. The Kier molecular flexibility index (Phi) is 5.42. The molecule has 7 nitrogen and oxygen atoms in total. The van der Waals surface area contributed by atoms with Gasteiger partial charge in [-0.2, -0.15) is 0 Å². The van der Waals surface area contributed by atoms with Gasteiger partial charge in [0.2, 0.25) is 5.91 Å². The summed E-state index contributed by atoms with van der Waals surface area (Å²) >= 11 is 1.17. The van der Waals surface area contributed by atoms with Crippen LogP contribution in [0.15, 0.2) is 29.6 Å². The predicted octanol–water partition coefficient (Wildman–Crippen LogP) is 2.83. The van der Waals surface area contributed by atoms with E-state index >= 15 is 0 Å². The van der Waals surface area contributed by atoms with Crippen LogP contribution in [0, 0.1) is 0 Å². The number of benzene rings is 1. The SMILES string of the molecule is CCCC(=O)Nc1nc(C(=O)Nc2ccc(C(=O)O)cc2)cs1. The Morgan fingerprint density at radius 3 is 2.48 bits per heavy atom. The van der Waals surface area contributed by atoms with Gasteiger partial charge in [0.15, 0.2) is 5.13 Å². The molecule has 0 aliphatic rings. The first-order valence-corrected chi connectivity index (χ1v) is 7.77. The van der Waals surface area contributed by atoms with Crippen LogP contribution in [0.2, 0.25) is 0 Å². The summed E-state index contributed by atoms with van der Waals surface area (Å²) < 4.78 is 0. The van der Waals surface area contributed by atoms with E-state index in [2.05, 4.69) is 15.6 Å². The van der Waals surface area contributed by atoms with E-state index in [1.807, 2.05) is 6.92 Å². The van der Waals surface area contributed by atoms with Crippen LogP contribution >= 0.6 is 11.3 Å². The summed E-state index contributed by atoms with van der Waals surface area (Å²) in [6.07, 6.45) is 1.13. The smallest absolute Gasteiger partial charge is 0.335 e. The van der Waals surface area contributed by atoms with Crippen LogP contribution in [-0.4, -0.2) is 27.9 Å². The van der Waals surface area contributed by atoms with Gasteiger partial charge in [-0.3, -0.25) is 9.59 Å². The second-order valence-corrected chi connectivity index (χ2v) is 5.53. The van der Waals surface area contributed by atoms with Crippen molar-refractivity contribution < 1.29 is 19.5 Å². The minimum Gasteiger partial charge on any atom is -0.478 e. The van der Waals surface area contributed by atoms with Crippen LogP contribution in [0.4, 0.5) is 10.8 Å². The predicted molar refractivity (Wildman–Crippen MR) is 87.0 cm³/mol. The lowest BCUT2D eigenvalue weighted by Gasteiger charge is -2.03. The van der Waals surface area contributed by atoms with Gasteiger partial charge < -0.3 is 15.7 Å². The molecule has 0 spiro atoms. The number of amides is 2. The number of hydrogen-bond donors (Lipinski definition) is 3. The molecule has 0 aliphatic carbocycles. The number of carboxylic acid groups (broad SMARTS) is 1. The molecule has 3 N–H and O–H groups in total. The molecular weight excluding hydrogens is 318 g/mol. The quantitative estimate of drug-likeness (QED) is 0.753.